The highest BCUT2D eigenvalue weighted by Gasteiger charge is 2.29. The largest absolute Gasteiger partial charge is 0.464 e. The summed E-state index contributed by atoms with van der Waals surface area (Å²) in [5.74, 6) is -0.0895. The lowest BCUT2D eigenvalue weighted by Gasteiger charge is -2.06. The Hall–Kier alpha value is -2.11. The van der Waals surface area contributed by atoms with E-state index in [9.17, 15) is 4.79 Å². The molecule has 76 valence electrons. The first-order valence-corrected chi connectivity index (χ1v) is 4.24. The van der Waals surface area contributed by atoms with E-state index in [4.69, 9.17) is 0 Å². The molecule has 2 heterocycles. The zero-order valence-electron chi connectivity index (χ0n) is 8.26. The summed E-state index contributed by atoms with van der Waals surface area (Å²) in [6.45, 7) is 0. The van der Waals surface area contributed by atoms with E-state index in [0.717, 1.165) is 0 Å². The number of nitrogens with zero attached hydrogens (tertiary/aromatic N) is 4. The normalized spacial score (nSPS) is 20.7. The predicted molar refractivity (Wildman–Crippen MR) is 53.8 cm³/mol. The quantitative estimate of drug-likeness (QED) is 0.594. The fraction of sp³-hybridized carbons (Fsp3) is 0.222. The number of dihydropyridines is 1. The SMILES string of the molecule is CN=C1N=CC=C2N=NC(C(=O)OC)=C21. The molecule has 0 N–H and O–H groups in total. The van der Waals surface area contributed by atoms with Gasteiger partial charge in [0, 0.05) is 13.3 Å². The Morgan fingerprint density at radius 1 is 1.47 bits per heavy atom. The molecule has 0 saturated heterocycles. The van der Waals surface area contributed by atoms with E-state index in [-0.39, 0.29) is 5.70 Å². The zero-order valence-corrected chi connectivity index (χ0v) is 8.26. The Morgan fingerprint density at radius 3 is 2.93 bits per heavy atom. The van der Waals surface area contributed by atoms with Gasteiger partial charge in [0.2, 0.25) is 0 Å². The Balaban J connectivity index is 2.55. The minimum atomic E-state index is -0.532. The maximum atomic E-state index is 11.4. The molecule has 2 aliphatic rings. The molecule has 0 radical (unpaired) electrons. The summed E-state index contributed by atoms with van der Waals surface area (Å²) >= 11 is 0. The van der Waals surface area contributed by atoms with Crippen LogP contribution in [0.5, 0.6) is 0 Å². The Labute approximate surface area is 85.8 Å². The first-order valence-electron chi connectivity index (χ1n) is 4.24. The molecule has 2 aliphatic heterocycles. The van der Waals surface area contributed by atoms with Crippen molar-refractivity contribution < 1.29 is 9.53 Å². The van der Waals surface area contributed by atoms with E-state index < -0.39 is 5.97 Å². The number of carbonyl (C=O) groups excluding carboxylic acids is 1. The fourth-order valence-electron chi connectivity index (χ4n) is 1.31. The summed E-state index contributed by atoms with van der Waals surface area (Å²) < 4.78 is 4.59. The molecule has 6 nitrogen and oxygen atoms in total. The van der Waals surface area contributed by atoms with E-state index in [1.165, 1.54) is 7.11 Å². The first kappa shape index (κ1) is 9.45. The van der Waals surface area contributed by atoms with Crippen molar-refractivity contribution in [2.75, 3.05) is 14.2 Å². The number of carbonyl (C=O) groups is 1. The van der Waals surface area contributed by atoms with Gasteiger partial charge in [-0.15, -0.1) is 10.2 Å². The summed E-state index contributed by atoms with van der Waals surface area (Å²) in [5.41, 5.74) is 1.28. The molecule has 0 aliphatic carbocycles. The van der Waals surface area contributed by atoms with Crippen molar-refractivity contribution in [1.29, 1.82) is 0 Å². The average molecular weight is 204 g/mol. The van der Waals surface area contributed by atoms with Crippen LogP contribution in [0.3, 0.4) is 0 Å². The average Bonchev–Trinajstić information content (AvgIpc) is 2.71. The second-order valence-corrected chi connectivity index (χ2v) is 2.79. The maximum absolute atomic E-state index is 11.4. The summed E-state index contributed by atoms with van der Waals surface area (Å²) in [6.07, 6.45) is 3.24. The topological polar surface area (TPSA) is 75.7 Å². The van der Waals surface area contributed by atoms with Gasteiger partial charge in [-0.1, -0.05) is 0 Å². The Morgan fingerprint density at radius 2 is 2.27 bits per heavy atom. The van der Waals surface area contributed by atoms with Crippen LogP contribution < -0.4 is 0 Å². The molecule has 0 unspecified atom stereocenters. The highest BCUT2D eigenvalue weighted by molar-refractivity contribution is 6.14. The molecule has 2 rings (SSSR count). The lowest BCUT2D eigenvalue weighted by Crippen LogP contribution is -2.11. The van der Waals surface area contributed by atoms with Crippen LogP contribution in [-0.2, 0) is 9.53 Å². The van der Waals surface area contributed by atoms with Gasteiger partial charge < -0.3 is 4.74 Å². The Bertz CT molecular complexity index is 469. The van der Waals surface area contributed by atoms with Crippen molar-refractivity contribution in [2.24, 2.45) is 20.2 Å². The summed E-state index contributed by atoms with van der Waals surface area (Å²) in [7, 11) is 2.89. The van der Waals surface area contributed by atoms with Gasteiger partial charge in [0.25, 0.3) is 0 Å². The van der Waals surface area contributed by atoms with Crippen LogP contribution in [0.4, 0.5) is 0 Å². The predicted octanol–water partition coefficient (Wildman–Crippen LogP) is 0.876. The van der Waals surface area contributed by atoms with Crippen molar-refractivity contribution in [1.82, 2.24) is 0 Å². The summed E-state index contributed by atoms with van der Waals surface area (Å²) in [6, 6.07) is 0. The lowest BCUT2D eigenvalue weighted by molar-refractivity contribution is -0.136. The van der Waals surface area contributed by atoms with Crippen LogP contribution in [0.2, 0.25) is 0 Å². The van der Waals surface area contributed by atoms with Crippen LogP contribution >= 0.6 is 0 Å². The van der Waals surface area contributed by atoms with Crippen LogP contribution in [0.25, 0.3) is 0 Å². The number of aliphatic imine (C=N–C) groups is 2. The molecule has 0 fully saturated rings. The summed E-state index contributed by atoms with van der Waals surface area (Å²) in [5, 5.41) is 7.60. The third kappa shape index (κ3) is 1.39. The van der Waals surface area contributed by atoms with E-state index in [2.05, 4.69) is 25.0 Å². The van der Waals surface area contributed by atoms with Gasteiger partial charge in [-0.2, -0.15) is 0 Å². The number of hydrogen-bond donors (Lipinski definition) is 0. The first-order chi connectivity index (χ1) is 7.27. The number of methoxy groups -OCH3 is 1. The van der Waals surface area contributed by atoms with Crippen molar-refractivity contribution in [3.63, 3.8) is 0 Å². The van der Waals surface area contributed by atoms with E-state index in [0.29, 0.717) is 17.1 Å². The van der Waals surface area contributed by atoms with Gasteiger partial charge in [0.1, 0.15) is 5.70 Å². The van der Waals surface area contributed by atoms with Crippen LogP contribution in [0.1, 0.15) is 0 Å². The zero-order chi connectivity index (χ0) is 10.8. The molecule has 0 saturated carbocycles. The van der Waals surface area contributed by atoms with Gasteiger partial charge in [-0.25, -0.2) is 9.79 Å². The summed E-state index contributed by atoms with van der Waals surface area (Å²) in [4.78, 5) is 19.3. The third-order valence-electron chi connectivity index (χ3n) is 1.99. The van der Waals surface area contributed by atoms with Gasteiger partial charge in [-0.3, -0.25) is 4.99 Å². The third-order valence-corrected chi connectivity index (χ3v) is 1.99. The number of hydrogen-bond acceptors (Lipinski definition) is 5. The van der Waals surface area contributed by atoms with Gasteiger partial charge in [0.15, 0.2) is 11.5 Å². The van der Waals surface area contributed by atoms with Crippen molar-refractivity contribution in [2.45, 2.75) is 0 Å². The van der Waals surface area contributed by atoms with E-state index in [1.807, 2.05) is 0 Å². The highest BCUT2D eigenvalue weighted by atomic mass is 16.5. The number of rotatable bonds is 1. The minimum absolute atomic E-state index is 0.154. The second kappa shape index (κ2) is 3.56. The molecule has 6 heteroatoms. The molecule has 0 atom stereocenters. The van der Waals surface area contributed by atoms with Crippen LogP contribution in [0.15, 0.2) is 43.3 Å². The Kier molecular flexibility index (Phi) is 2.24. The van der Waals surface area contributed by atoms with Gasteiger partial charge in [0.05, 0.1) is 12.7 Å². The fourth-order valence-corrected chi connectivity index (χ4v) is 1.31. The molecular formula is C9H8N4O2. The number of fused-ring (bicyclic) bond motifs is 1. The molecule has 15 heavy (non-hydrogen) atoms. The maximum Gasteiger partial charge on any atom is 0.359 e. The molecule has 0 spiro atoms. The van der Waals surface area contributed by atoms with Crippen molar-refractivity contribution >= 4 is 18.0 Å². The van der Waals surface area contributed by atoms with Crippen molar-refractivity contribution in [3.05, 3.63) is 23.0 Å². The second-order valence-electron chi connectivity index (χ2n) is 2.79. The molecule has 0 amide bonds. The van der Waals surface area contributed by atoms with E-state index >= 15 is 0 Å². The molecular weight excluding hydrogens is 196 g/mol. The van der Waals surface area contributed by atoms with Crippen LogP contribution in [0, 0.1) is 0 Å². The molecule has 0 aromatic heterocycles. The van der Waals surface area contributed by atoms with Crippen molar-refractivity contribution in [3.8, 4) is 0 Å². The molecule has 0 aromatic carbocycles. The van der Waals surface area contributed by atoms with Gasteiger partial charge in [-0.05, 0) is 6.08 Å². The number of allylic oxidation sites excluding steroid dienone is 1. The molecule has 0 aromatic rings. The monoisotopic (exact) mass is 204 g/mol. The smallest absolute Gasteiger partial charge is 0.359 e. The standard InChI is InChI=1S/C9H8N4O2/c1-10-8-6-5(3-4-11-8)12-13-7(6)9(14)15-2/h3-4H,1-2H3. The number of ether oxygens (including phenoxy) is 1. The lowest BCUT2D eigenvalue weighted by atomic mass is 10.1. The number of azo groups is 1. The minimum Gasteiger partial charge on any atom is -0.464 e. The van der Waals surface area contributed by atoms with Gasteiger partial charge >= 0.3 is 5.97 Å². The van der Waals surface area contributed by atoms with Crippen LogP contribution in [-0.4, -0.2) is 32.2 Å². The van der Waals surface area contributed by atoms with E-state index in [1.54, 1.807) is 19.3 Å². The number of esters is 1. The molecule has 0 bridgehead atoms. The number of amidine groups is 1. The highest BCUT2D eigenvalue weighted by Crippen LogP contribution is 2.29.